The minimum absolute atomic E-state index is 0.0797. The lowest BCUT2D eigenvalue weighted by molar-refractivity contribution is 0.136. The number of hydrogen-bond acceptors (Lipinski definition) is 6. The van der Waals surface area contributed by atoms with Gasteiger partial charge in [0, 0.05) is 18.5 Å². The van der Waals surface area contributed by atoms with E-state index in [1.807, 2.05) is 0 Å². The monoisotopic (exact) mass is 347 g/mol. The van der Waals surface area contributed by atoms with Crippen LogP contribution in [0, 0.1) is 11.6 Å². The molecule has 1 unspecified atom stereocenters. The number of aromatic nitrogens is 4. The van der Waals surface area contributed by atoms with E-state index in [4.69, 9.17) is 4.52 Å². The zero-order valence-corrected chi connectivity index (χ0v) is 12.9. The molecule has 1 fully saturated rings. The third kappa shape index (κ3) is 2.92. The maximum Gasteiger partial charge on any atom is 0.266 e. The van der Waals surface area contributed by atoms with Crippen molar-refractivity contribution in [2.75, 3.05) is 18.0 Å². The number of benzene rings is 1. The van der Waals surface area contributed by atoms with Crippen LogP contribution in [0.4, 0.5) is 19.1 Å². The Balaban J connectivity index is 1.55. The molecule has 25 heavy (non-hydrogen) atoms. The smallest absolute Gasteiger partial charge is 0.266 e. The van der Waals surface area contributed by atoms with Gasteiger partial charge in [-0.3, -0.25) is 0 Å². The molecule has 0 saturated carbocycles. The van der Waals surface area contributed by atoms with E-state index in [9.17, 15) is 8.78 Å². The van der Waals surface area contributed by atoms with Crippen molar-refractivity contribution in [2.24, 2.45) is 0 Å². The molecule has 3 aromatic rings. The van der Waals surface area contributed by atoms with Gasteiger partial charge >= 0.3 is 0 Å². The third-order valence-corrected chi connectivity index (χ3v) is 4.02. The number of alkyl halides is 1. The Morgan fingerprint density at radius 3 is 2.48 bits per heavy atom. The minimum Gasteiger partial charge on any atom is -0.337 e. The highest BCUT2D eigenvalue weighted by atomic mass is 19.1. The van der Waals surface area contributed by atoms with E-state index < -0.39 is 11.5 Å². The predicted molar refractivity (Wildman–Crippen MR) is 81.3 cm³/mol. The molecule has 0 spiro atoms. The number of anilines is 1. The summed E-state index contributed by atoms with van der Waals surface area (Å²) < 4.78 is 46.2. The summed E-state index contributed by atoms with van der Waals surface area (Å²) in [5.41, 5.74) is -1.33. The van der Waals surface area contributed by atoms with E-state index >= 15 is 4.39 Å². The summed E-state index contributed by atoms with van der Waals surface area (Å²) in [7, 11) is 0. The van der Waals surface area contributed by atoms with Crippen molar-refractivity contribution in [1.29, 1.82) is 0 Å². The van der Waals surface area contributed by atoms with Crippen molar-refractivity contribution in [2.45, 2.75) is 12.1 Å². The predicted octanol–water partition coefficient (Wildman–Crippen LogP) is 2.88. The Kier molecular flexibility index (Phi) is 3.63. The molecular weight excluding hydrogens is 335 g/mol. The molecule has 128 valence electrons. The van der Waals surface area contributed by atoms with Gasteiger partial charge in [0.15, 0.2) is 5.82 Å². The van der Waals surface area contributed by atoms with E-state index in [1.165, 1.54) is 24.3 Å². The van der Waals surface area contributed by atoms with Crippen molar-refractivity contribution >= 4 is 5.95 Å². The van der Waals surface area contributed by atoms with Crippen molar-refractivity contribution in [3.05, 3.63) is 54.2 Å². The van der Waals surface area contributed by atoms with Gasteiger partial charge in [-0.15, -0.1) is 0 Å². The zero-order chi connectivity index (χ0) is 17.4. The first-order chi connectivity index (χ1) is 12.0. The molecule has 0 bridgehead atoms. The number of nitrogens with zero attached hydrogens (tertiary/aromatic N) is 5. The molecular formula is C16H12F3N5O. The van der Waals surface area contributed by atoms with Crippen LogP contribution < -0.4 is 4.90 Å². The molecule has 4 rings (SSSR count). The van der Waals surface area contributed by atoms with Gasteiger partial charge in [-0.05, 0) is 24.3 Å². The fraction of sp³-hybridized carbons (Fsp3) is 0.250. The first-order valence-corrected chi connectivity index (χ1v) is 7.55. The fourth-order valence-electron chi connectivity index (χ4n) is 2.71. The van der Waals surface area contributed by atoms with Gasteiger partial charge in [0.25, 0.3) is 5.89 Å². The van der Waals surface area contributed by atoms with E-state index in [0.29, 0.717) is 12.1 Å². The number of rotatable bonds is 3. The van der Waals surface area contributed by atoms with Crippen LogP contribution in [-0.2, 0) is 5.67 Å². The van der Waals surface area contributed by atoms with Crippen molar-refractivity contribution in [1.82, 2.24) is 20.1 Å². The van der Waals surface area contributed by atoms with Crippen molar-refractivity contribution in [3.63, 3.8) is 0 Å². The normalized spacial score (nSPS) is 20.2. The van der Waals surface area contributed by atoms with Crippen LogP contribution in [-0.4, -0.2) is 33.2 Å². The van der Waals surface area contributed by atoms with E-state index in [1.54, 1.807) is 4.90 Å². The number of halogens is 3. The molecule has 0 amide bonds. The molecule has 0 aliphatic carbocycles. The summed E-state index contributed by atoms with van der Waals surface area (Å²) in [5.74, 6) is -0.686. The van der Waals surface area contributed by atoms with Gasteiger partial charge in [-0.2, -0.15) is 4.98 Å². The maximum absolute atomic E-state index is 15.2. The van der Waals surface area contributed by atoms with E-state index in [2.05, 4.69) is 20.1 Å². The van der Waals surface area contributed by atoms with Gasteiger partial charge in [0.2, 0.25) is 17.4 Å². The average molecular weight is 347 g/mol. The van der Waals surface area contributed by atoms with Gasteiger partial charge in [0.1, 0.15) is 5.82 Å². The summed E-state index contributed by atoms with van der Waals surface area (Å²) in [5, 5.41) is 3.77. The quantitative estimate of drug-likeness (QED) is 0.726. The van der Waals surface area contributed by atoms with Crippen LogP contribution >= 0.6 is 0 Å². The molecule has 1 saturated heterocycles. The Hall–Kier alpha value is -2.97. The number of hydrogen-bond donors (Lipinski definition) is 0. The Morgan fingerprint density at radius 2 is 1.76 bits per heavy atom. The Morgan fingerprint density at radius 1 is 1.04 bits per heavy atom. The lowest BCUT2D eigenvalue weighted by Gasteiger charge is -2.17. The molecule has 2 aromatic heterocycles. The van der Waals surface area contributed by atoms with E-state index in [0.717, 1.165) is 12.4 Å². The van der Waals surface area contributed by atoms with Crippen LogP contribution in [0.3, 0.4) is 0 Å². The second-order valence-corrected chi connectivity index (χ2v) is 5.77. The molecule has 0 radical (unpaired) electrons. The second kappa shape index (κ2) is 5.83. The summed E-state index contributed by atoms with van der Waals surface area (Å²) >= 11 is 0. The molecule has 9 heteroatoms. The lowest BCUT2D eigenvalue weighted by Crippen LogP contribution is -2.28. The van der Waals surface area contributed by atoms with Crippen LogP contribution in [0.1, 0.15) is 12.3 Å². The lowest BCUT2D eigenvalue weighted by atomic mass is 10.1. The van der Waals surface area contributed by atoms with Crippen LogP contribution in [0.5, 0.6) is 0 Å². The highest BCUT2D eigenvalue weighted by molar-refractivity contribution is 5.54. The third-order valence-electron chi connectivity index (χ3n) is 4.02. The Bertz CT molecular complexity index is 884. The average Bonchev–Trinajstić information content (AvgIpc) is 3.25. The first-order valence-electron chi connectivity index (χ1n) is 7.55. The van der Waals surface area contributed by atoms with Crippen LogP contribution in [0.25, 0.3) is 11.4 Å². The second-order valence-electron chi connectivity index (χ2n) is 5.77. The minimum atomic E-state index is -1.86. The first kappa shape index (κ1) is 15.6. The van der Waals surface area contributed by atoms with Crippen molar-refractivity contribution < 1.29 is 17.7 Å². The van der Waals surface area contributed by atoms with Gasteiger partial charge in [0.05, 0.1) is 18.9 Å². The summed E-state index contributed by atoms with van der Waals surface area (Å²) in [6, 6.07) is 5.50. The SMILES string of the molecule is Fc1ccc(-c2noc(C3(F)CCN(c4ncc(F)cn4)C3)n2)cc1. The largest absolute Gasteiger partial charge is 0.337 e. The standard InChI is InChI=1S/C16H12F3N5O/c17-11-3-1-10(2-4-11)13-22-14(25-23-13)16(19)5-6-24(9-16)15-20-7-12(18)8-21-15/h1-4,7-8H,5-6,9H2. The molecule has 6 nitrogen and oxygen atoms in total. The van der Waals surface area contributed by atoms with Gasteiger partial charge in [-0.1, -0.05) is 5.16 Å². The fourth-order valence-corrected chi connectivity index (χ4v) is 2.71. The van der Waals surface area contributed by atoms with Gasteiger partial charge in [-0.25, -0.2) is 23.1 Å². The molecule has 3 heterocycles. The van der Waals surface area contributed by atoms with Crippen LogP contribution in [0.2, 0.25) is 0 Å². The maximum atomic E-state index is 15.2. The highest BCUT2D eigenvalue weighted by Gasteiger charge is 2.45. The molecule has 1 aliphatic heterocycles. The summed E-state index contributed by atoms with van der Waals surface area (Å²) in [6.07, 6.45) is 2.17. The molecule has 1 aromatic carbocycles. The summed E-state index contributed by atoms with van der Waals surface area (Å²) in [6.45, 7) is 0.250. The molecule has 1 aliphatic rings. The topological polar surface area (TPSA) is 67.9 Å². The summed E-state index contributed by atoms with van der Waals surface area (Å²) in [4.78, 5) is 13.4. The Labute approximate surface area is 140 Å². The van der Waals surface area contributed by atoms with Gasteiger partial charge < -0.3 is 9.42 Å². The van der Waals surface area contributed by atoms with Crippen LogP contribution in [0.15, 0.2) is 41.2 Å². The molecule has 0 N–H and O–H groups in total. The van der Waals surface area contributed by atoms with E-state index in [-0.39, 0.29) is 36.4 Å². The zero-order valence-electron chi connectivity index (χ0n) is 12.9. The highest BCUT2D eigenvalue weighted by Crippen LogP contribution is 2.37. The molecule has 1 atom stereocenters. The van der Waals surface area contributed by atoms with Crippen molar-refractivity contribution in [3.8, 4) is 11.4 Å².